The van der Waals surface area contributed by atoms with Gasteiger partial charge in [-0.1, -0.05) is 237 Å². The third kappa shape index (κ3) is 7.05. The fourth-order valence-electron chi connectivity index (χ4n) is 10.9. The summed E-state index contributed by atoms with van der Waals surface area (Å²) in [5, 5.41) is 7.33. The second kappa shape index (κ2) is 17.4. The van der Waals surface area contributed by atoms with Crippen LogP contribution in [-0.4, -0.2) is 4.57 Å². The number of benzene rings is 12. The SMILES string of the molecule is c1ccc(-c2ccc(-c3cccc4ccccc34)cc2N(c2cccc(-c3cccc4c5ccccc5n(-c5ccccc5)c34)c2)c2ccccc2-c2cccc3cccc(-c4ccccc4)c23)cc1. The number of fused-ring (bicyclic) bond motifs is 5. The summed E-state index contributed by atoms with van der Waals surface area (Å²) in [6, 6.07) is 102. The van der Waals surface area contributed by atoms with Gasteiger partial charge in [-0.3, -0.25) is 0 Å². The summed E-state index contributed by atoms with van der Waals surface area (Å²) in [4.78, 5) is 2.52. The highest BCUT2D eigenvalue weighted by atomic mass is 15.1. The van der Waals surface area contributed by atoms with Crippen LogP contribution in [0.3, 0.4) is 0 Å². The van der Waals surface area contributed by atoms with Crippen LogP contribution >= 0.6 is 0 Å². The molecule has 12 aromatic carbocycles. The van der Waals surface area contributed by atoms with Crippen LogP contribution in [0, 0.1) is 0 Å². The summed E-state index contributed by atoms with van der Waals surface area (Å²) in [5.41, 5.74) is 18.4. The van der Waals surface area contributed by atoms with Gasteiger partial charge >= 0.3 is 0 Å². The fourth-order valence-corrected chi connectivity index (χ4v) is 10.9. The van der Waals surface area contributed by atoms with Gasteiger partial charge in [-0.25, -0.2) is 0 Å². The molecular formula is C68H46N2. The second-order valence-corrected chi connectivity index (χ2v) is 18.0. The van der Waals surface area contributed by atoms with E-state index >= 15 is 0 Å². The van der Waals surface area contributed by atoms with Crippen molar-refractivity contribution in [2.24, 2.45) is 0 Å². The van der Waals surface area contributed by atoms with Crippen molar-refractivity contribution in [3.8, 4) is 61.3 Å². The minimum atomic E-state index is 1.06. The van der Waals surface area contributed by atoms with Gasteiger partial charge in [-0.05, 0) is 103 Å². The average Bonchev–Trinajstić information content (AvgIpc) is 3.78. The third-order valence-corrected chi connectivity index (χ3v) is 14.0. The van der Waals surface area contributed by atoms with Crippen molar-refractivity contribution in [1.29, 1.82) is 0 Å². The van der Waals surface area contributed by atoms with Crippen LogP contribution in [-0.2, 0) is 0 Å². The summed E-state index contributed by atoms with van der Waals surface area (Å²) in [6.45, 7) is 0. The molecule has 1 aromatic heterocycles. The van der Waals surface area contributed by atoms with Gasteiger partial charge in [0.2, 0.25) is 0 Å². The van der Waals surface area contributed by atoms with Crippen LogP contribution in [0.2, 0.25) is 0 Å². The Morgan fingerprint density at radius 1 is 0.271 bits per heavy atom. The van der Waals surface area contributed by atoms with Crippen molar-refractivity contribution in [2.45, 2.75) is 0 Å². The summed E-state index contributed by atoms with van der Waals surface area (Å²) >= 11 is 0. The lowest BCUT2D eigenvalue weighted by atomic mass is 9.90. The van der Waals surface area contributed by atoms with Gasteiger partial charge < -0.3 is 9.47 Å². The molecule has 0 radical (unpaired) electrons. The zero-order valence-electron chi connectivity index (χ0n) is 38.5. The molecule has 0 aliphatic heterocycles. The lowest BCUT2D eigenvalue weighted by Crippen LogP contribution is -2.13. The zero-order chi connectivity index (χ0) is 46.4. The molecule has 2 nitrogen and oxygen atoms in total. The molecule has 0 atom stereocenters. The highest BCUT2D eigenvalue weighted by Gasteiger charge is 2.24. The predicted molar refractivity (Wildman–Crippen MR) is 298 cm³/mol. The van der Waals surface area contributed by atoms with Crippen LogP contribution in [0.25, 0.3) is 105 Å². The minimum Gasteiger partial charge on any atom is -0.309 e. The number of aromatic nitrogens is 1. The average molecular weight is 891 g/mol. The highest BCUT2D eigenvalue weighted by Crippen LogP contribution is 2.49. The quantitative estimate of drug-likeness (QED) is 0.140. The van der Waals surface area contributed by atoms with Crippen LogP contribution in [0.1, 0.15) is 0 Å². The molecular weight excluding hydrogens is 845 g/mol. The van der Waals surface area contributed by atoms with E-state index in [0.29, 0.717) is 0 Å². The summed E-state index contributed by atoms with van der Waals surface area (Å²) < 4.78 is 2.44. The third-order valence-electron chi connectivity index (χ3n) is 14.0. The molecule has 0 N–H and O–H groups in total. The maximum Gasteiger partial charge on any atom is 0.0619 e. The Balaban J connectivity index is 1.11. The zero-order valence-corrected chi connectivity index (χ0v) is 38.5. The van der Waals surface area contributed by atoms with E-state index < -0.39 is 0 Å². The Hall–Kier alpha value is -9.24. The number of hydrogen-bond donors (Lipinski definition) is 0. The van der Waals surface area contributed by atoms with Crippen molar-refractivity contribution < 1.29 is 0 Å². The summed E-state index contributed by atoms with van der Waals surface area (Å²) in [6.07, 6.45) is 0. The standard InChI is InChI=1S/C68H46N2/c1-4-21-48(22-5-1)57-44-43-52(56-36-17-26-47-25-10-11-33-55(47)56)46-66(57)69(64-41-14-12-34-60(64)62-39-19-28-50-27-18-37-58(67(50)62)49-23-6-2-7-24-49)54-32-16-29-51(45-54)59-38-20-40-63-61-35-13-15-42-65(61)70(68(59)63)53-30-8-3-9-31-53/h1-46H. The first-order valence-corrected chi connectivity index (χ1v) is 24.1. The first kappa shape index (κ1) is 41.0. The molecule has 70 heavy (non-hydrogen) atoms. The van der Waals surface area contributed by atoms with E-state index in [1.807, 2.05) is 0 Å². The van der Waals surface area contributed by atoms with E-state index in [9.17, 15) is 0 Å². The smallest absolute Gasteiger partial charge is 0.0619 e. The molecule has 0 saturated carbocycles. The lowest BCUT2D eigenvalue weighted by Gasteiger charge is -2.31. The number of para-hydroxylation sites is 4. The maximum absolute atomic E-state index is 2.52. The van der Waals surface area contributed by atoms with Gasteiger partial charge in [0.25, 0.3) is 0 Å². The van der Waals surface area contributed by atoms with E-state index in [2.05, 4.69) is 289 Å². The first-order chi connectivity index (χ1) is 34.8. The monoisotopic (exact) mass is 890 g/mol. The summed E-state index contributed by atoms with van der Waals surface area (Å²) in [7, 11) is 0. The van der Waals surface area contributed by atoms with E-state index in [1.165, 1.54) is 71.2 Å². The van der Waals surface area contributed by atoms with Gasteiger partial charge in [-0.15, -0.1) is 0 Å². The van der Waals surface area contributed by atoms with E-state index in [0.717, 1.165) is 50.6 Å². The van der Waals surface area contributed by atoms with Gasteiger partial charge in [0.15, 0.2) is 0 Å². The molecule has 0 bridgehead atoms. The van der Waals surface area contributed by atoms with Crippen molar-refractivity contribution in [1.82, 2.24) is 4.57 Å². The fraction of sp³-hybridized carbons (Fsp3) is 0. The molecule has 0 unspecified atom stereocenters. The van der Waals surface area contributed by atoms with Crippen LogP contribution in [0.15, 0.2) is 279 Å². The molecule has 0 saturated heterocycles. The Labute approximate surface area is 408 Å². The van der Waals surface area contributed by atoms with Crippen molar-refractivity contribution in [3.05, 3.63) is 279 Å². The first-order valence-electron chi connectivity index (χ1n) is 24.1. The maximum atomic E-state index is 2.52. The molecule has 0 spiro atoms. The van der Waals surface area contributed by atoms with Crippen LogP contribution in [0.4, 0.5) is 17.1 Å². The molecule has 0 aliphatic rings. The van der Waals surface area contributed by atoms with Gasteiger partial charge in [-0.2, -0.15) is 0 Å². The Bertz CT molecular complexity index is 4050. The Morgan fingerprint density at radius 2 is 0.800 bits per heavy atom. The molecule has 13 aromatic rings. The molecule has 0 amide bonds. The topological polar surface area (TPSA) is 8.17 Å². The molecule has 13 rings (SSSR count). The van der Waals surface area contributed by atoms with Crippen molar-refractivity contribution >= 4 is 60.4 Å². The molecule has 328 valence electrons. The highest BCUT2D eigenvalue weighted by molar-refractivity contribution is 6.14. The predicted octanol–water partition coefficient (Wildman–Crippen LogP) is 18.9. The van der Waals surface area contributed by atoms with Gasteiger partial charge in [0.05, 0.1) is 22.4 Å². The molecule has 1 heterocycles. The van der Waals surface area contributed by atoms with Gasteiger partial charge in [0.1, 0.15) is 0 Å². The van der Waals surface area contributed by atoms with Crippen LogP contribution in [0.5, 0.6) is 0 Å². The minimum absolute atomic E-state index is 1.06. The largest absolute Gasteiger partial charge is 0.309 e. The van der Waals surface area contributed by atoms with E-state index in [4.69, 9.17) is 0 Å². The van der Waals surface area contributed by atoms with Crippen LogP contribution < -0.4 is 4.90 Å². The number of rotatable bonds is 9. The van der Waals surface area contributed by atoms with E-state index in [1.54, 1.807) is 0 Å². The van der Waals surface area contributed by atoms with Crippen molar-refractivity contribution in [2.75, 3.05) is 4.90 Å². The molecule has 0 aliphatic carbocycles. The Morgan fingerprint density at radius 3 is 1.60 bits per heavy atom. The van der Waals surface area contributed by atoms with Crippen molar-refractivity contribution in [3.63, 3.8) is 0 Å². The lowest BCUT2D eigenvalue weighted by molar-refractivity contribution is 1.18. The van der Waals surface area contributed by atoms with Gasteiger partial charge in [0, 0.05) is 38.8 Å². The van der Waals surface area contributed by atoms with E-state index in [-0.39, 0.29) is 0 Å². The molecule has 2 heteroatoms. The molecule has 0 fully saturated rings. The summed E-state index contributed by atoms with van der Waals surface area (Å²) in [5.74, 6) is 0. The number of nitrogens with zero attached hydrogens (tertiary/aromatic N) is 2. The number of hydrogen-bond acceptors (Lipinski definition) is 1. The Kier molecular flexibility index (Phi) is 10.2. The second-order valence-electron chi connectivity index (χ2n) is 18.0. The normalized spacial score (nSPS) is 11.4. The number of anilines is 3.